The number of rotatable bonds is 3. The predicted octanol–water partition coefficient (Wildman–Crippen LogP) is 0.953. The Bertz CT molecular complexity index is 105. The second kappa shape index (κ2) is 7.30. The highest BCUT2D eigenvalue weighted by Crippen LogP contribution is 2.21. The van der Waals surface area contributed by atoms with E-state index in [-0.39, 0.29) is 12.1 Å². The van der Waals surface area contributed by atoms with E-state index in [1.807, 2.05) is 0 Å². The maximum Gasteiger partial charge on any atom is 0.0402 e. The van der Waals surface area contributed by atoms with Crippen LogP contribution in [0.15, 0.2) is 0 Å². The molecule has 0 amide bonds. The van der Waals surface area contributed by atoms with Gasteiger partial charge in [0.2, 0.25) is 0 Å². The van der Waals surface area contributed by atoms with Gasteiger partial charge in [0.25, 0.3) is 0 Å². The zero-order chi connectivity index (χ0) is 11.1. The first-order valence-electron chi connectivity index (χ1n) is 4.96. The molecule has 0 aromatic heterocycles. The summed E-state index contributed by atoms with van der Waals surface area (Å²) in [5, 5.41) is 7.57. The number of nitrogens with two attached hydrogens (primary N) is 2. The molecule has 0 aliphatic rings. The van der Waals surface area contributed by atoms with Crippen molar-refractivity contribution in [2.75, 3.05) is 13.2 Å². The van der Waals surface area contributed by atoms with E-state index in [0.717, 1.165) is 0 Å². The van der Waals surface area contributed by atoms with Crippen molar-refractivity contribution in [3.05, 3.63) is 0 Å². The molecule has 0 unspecified atom stereocenters. The molecule has 0 saturated carbocycles. The molecule has 13 heavy (non-hydrogen) atoms. The topological polar surface area (TPSA) is 72.3 Å². The Kier molecular flexibility index (Phi) is 8.62. The van der Waals surface area contributed by atoms with Gasteiger partial charge in [0.1, 0.15) is 0 Å². The van der Waals surface area contributed by atoms with Crippen molar-refractivity contribution >= 4 is 0 Å². The van der Waals surface area contributed by atoms with E-state index in [2.05, 4.69) is 27.7 Å². The van der Waals surface area contributed by atoms with Crippen molar-refractivity contribution in [1.82, 2.24) is 0 Å². The van der Waals surface area contributed by atoms with E-state index >= 15 is 0 Å². The summed E-state index contributed by atoms with van der Waals surface area (Å²) in [4.78, 5) is 0. The Hall–Kier alpha value is -0.120. The standard InChI is InChI=1S/C8H20N2.C2H6O/c1-6(2)8(10,5-9)7(3)4;1-2-3/h6-7H,5,9-10H2,1-4H3;3H,2H2,1H3. The van der Waals surface area contributed by atoms with Crippen molar-refractivity contribution in [1.29, 1.82) is 0 Å². The summed E-state index contributed by atoms with van der Waals surface area (Å²) in [6, 6.07) is 0. The molecule has 0 heterocycles. The van der Waals surface area contributed by atoms with Crippen LogP contribution in [-0.4, -0.2) is 23.8 Å². The minimum Gasteiger partial charge on any atom is -0.397 e. The average Bonchev–Trinajstić information content (AvgIpc) is 2.03. The minimum absolute atomic E-state index is 0.181. The van der Waals surface area contributed by atoms with Crippen LogP contribution in [0.4, 0.5) is 0 Å². The average molecular weight is 190 g/mol. The molecule has 0 saturated heterocycles. The lowest BCUT2D eigenvalue weighted by molar-refractivity contribution is 0.233. The number of aliphatic hydroxyl groups is 1. The summed E-state index contributed by atoms with van der Waals surface area (Å²) in [6.45, 7) is 11.0. The molecular weight excluding hydrogens is 164 g/mol. The molecule has 0 radical (unpaired) electrons. The fourth-order valence-corrected chi connectivity index (χ4v) is 1.14. The van der Waals surface area contributed by atoms with Gasteiger partial charge in [-0.05, 0) is 18.8 Å². The van der Waals surface area contributed by atoms with E-state index in [0.29, 0.717) is 18.4 Å². The van der Waals surface area contributed by atoms with Crippen LogP contribution in [0.3, 0.4) is 0 Å². The Morgan fingerprint density at radius 3 is 1.38 bits per heavy atom. The zero-order valence-corrected chi connectivity index (χ0v) is 9.67. The Balaban J connectivity index is 0. The largest absolute Gasteiger partial charge is 0.397 e. The third kappa shape index (κ3) is 5.24. The molecule has 0 spiro atoms. The van der Waals surface area contributed by atoms with Gasteiger partial charge in [-0.1, -0.05) is 27.7 Å². The molecule has 0 aromatic rings. The van der Waals surface area contributed by atoms with E-state index in [4.69, 9.17) is 16.6 Å². The van der Waals surface area contributed by atoms with Gasteiger partial charge in [0.05, 0.1) is 0 Å². The predicted molar refractivity (Wildman–Crippen MR) is 58.4 cm³/mol. The number of hydrogen-bond acceptors (Lipinski definition) is 3. The van der Waals surface area contributed by atoms with Crippen LogP contribution in [-0.2, 0) is 0 Å². The highest BCUT2D eigenvalue weighted by molar-refractivity contribution is 4.90. The van der Waals surface area contributed by atoms with Gasteiger partial charge in [0, 0.05) is 18.7 Å². The minimum atomic E-state index is -0.181. The van der Waals surface area contributed by atoms with Crippen molar-refractivity contribution in [3.63, 3.8) is 0 Å². The van der Waals surface area contributed by atoms with Crippen LogP contribution in [0.2, 0.25) is 0 Å². The second-order valence-corrected chi connectivity index (χ2v) is 3.94. The number of hydrogen-bond donors (Lipinski definition) is 3. The maximum atomic E-state index is 7.57. The van der Waals surface area contributed by atoms with Crippen molar-refractivity contribution in [2.45, 2.75) is 40.2 Å². The summed E-state index contributed by atoms with van der Waals surface area (Å²) < 4.78 is 0. The highest BCUT2D eigenvalue weighted by Gasteiger charge is 2.30. The van der Waals surface area contributed by atoms with Crippen LogP contribution in [0.25, 0.3) is 0 Å². The summed E-state index contributed by atoms with van der Waals surface area (Å²) in [6.07, 6.45) is 0. The van der Waals surface area contributed by atoms with Crippen molar-refractivity contribution in [3.8, 4) is 0 Å². The summed E-state index contributed by atoms with van der Waals surface area (Å²) in [5.41, 5.74) is 11.5. The van der Waals surface area contributed by atoms with Crippen LogP contribution < -0.4 is 11.5 Å². The molecule has 3 nitrogen and oxygen atoms in total. The quantitative estimate of drug-likeness (QED) is 0.620. The van der Waals surface area contributed by atoms with Crippen LogP contribution in [0.5, 0.6) is 0 Å². The molecule has 0 fully saturated rings. The Morgan fingerprint density at radius 1 is 1.15 bits per heavy atom. The Morgan fingerprint density at radius 2 is 1.38 bits per heavy atom. The van der Waals surface area contributed by atoms with Gasteiger partial charge in [-0.25, -0.2) is 0 Å². The first kappa shape index (κ1) is 15.4. The van der Waals surface area contributed by atoms with Gasteiger partial charge in [-0.15, -0.1) is 0 Å². The molecule has 0 aromatic carbocycles. The van der Waals surface area contributed by atoms with E-state index < -0.39 is 0 Å². The third-order valence-electron chi connectivity index (χ3n) is 2.50. The molecule has 5 N–H and O–H groups in total. The summed E-state index contributed by atoms with van der Waals surface area (Å²) >= 11 is 0. The normalized spacial score (nSPS) is 11.5. The molecule has 0 atom stereocenters. The fraction of sp³-hybridized carbons (Fsp3) is 1.00. The summed E-state index contributed by atoms with van der Waals surface area (Å²) in [5.74, 6) is 0.912. The smallest absolute Gasteiger partial charge is 0.0402 e. The molecule has 3 heteroatoms. The lowest BCUT2D eigenvalue weighted by Crippen LogP contribution is -2.55. The number of aliphatic hydroxyl groups excluding tert-OH is 1. The van der Waals surface area contributed by atoms with Gasteiger partial charge in [-0.3, -0.25) is 0 Å². The van der Waals surface area contributed by atoms with Crippen LogP contribution >= 0.6 is 0 Å². The lowest BCUT2D eigenvalue weighted by Gasteiger charge is -2.36. The van der Waals surface area contributed by atoms with Gasteiger partial charge in [-0.2, -0.15) is 0 Å². The van der Waals surface area contributed by atoms with E-state index in [1.54, 1.807) is 6.92 Å². The first-order valence-corrected chi connectivity index (χ1v) is 4.96. The Labute approximate surface area is 82.5 Å². The first-order chi connectivity index (χ1) is 5.86. The molecule has 0 aliphatic carbocycles. The van der Waals surface area contributed by atoms with Crippen molar-refractivity contribution in [2.24, 2.45) is 23.3 Å². The third-order valence-corrected chi connectivity index (χ3v) is 2.50. The molecule has 0 aliphatic heterocycles. The molecule has 82 valence electrons. The monoisotopic (exact) mass is 190 g/mol. The van der Waals surface area contributed by atoms with Gasteiger partial charge in [0.15, 0.2) is 0 Å². The van der Waals surface area contributed by atoms with Crippen LogP contribution in [0.1, 0.15) is 34.6 Å². The second-order valence-electron chi connectivity index (χ2n) is 3.94. The molecule has 0 bridgehead atoms. The van der Waals surface area contributed by atoms with Crippen molar-refractivity contribution < 1.29 is 5.11 Å². The van der Waals surface area contributed by atoms with Gasteiger partial charge >= 0.3 is 0 Å². The molecule has 0 rings (SSSR count). The van der Waals surface area contributed by atoms with Crippen LogP contribution in [0, 0.1) is 11.8 Å². The van der Waals surface area contributed by atoms with E-state index in [9.17, 15) is 0 Å². The van der Waals surface area contributed by atoms with E-state index in [1.165, 1.54) is 0 Å². The highest BCUT2D eigenvalue weighted by atomic mass is 16.2. The SMILES string of the molecule is CC(C)C(N)(CN)C(C)C.CCO. The molecular formula is C10H26N2O. The maximum absolute atomic E-state index is 7.57. The summed E-state index contributed by atoms with van der Waals surface area (Å²) in [7, 11) is 0. The zero-order valence-electron chi connectivity index (χ0n) is 9.67. The fourth-order valence-electron chi connectivity index (χ4n) is 1.14. The van der Waals surface area contributed by atoms with Gasteiger partial charge < -0.3 is 16.6 Å². The lowest BCUT2D eigenvalue weighted by atomic mass is 9.78.